The Labute approximate surface area is 99.8 Å². The van der Waals surface area contributed by atoms with Gasteiger partial charge in [-0.05, 0) is 12.5 Å². The van der Waals surface area contributed by atoms with Crippen LogP contribution in [0.2, 0.25) is 5.02 Å². The highest BCUT2D eigenvalue weighted by Crippen LogP contribution is 2.31. The third kappa shape index (κ3) is 2.14. The summed E-state index contributed by atoms with van der Waals surface area (Å²) in [7, 11) is 1.69. The summed E-state index contributed by atoms with van der Waals surface area (Å²) in [6, 6.07) is 1.94. The molecule has 1 fully saturated rings. The molecule has 1 aliphatic heterocycles. The molecular formula is C11H15ClN2O2. The monoisotopic (exact) mass is 242 g/mol. The van der Waals surface area contributed by atoms with Crippen LogP contribution in [0.3, 0.4) is 0 Å². The number of hydrogen-bond donors (Lipinski definition) is 1. The highest BCUT2D eigenvalue weighted by atomic mass is 35.5. The number of aliphatic hydroxyl groups excluding tert-OH is 1. The molecule has 0 bridgehead atoms. The Morgan fingerprint density at radius 3 is 3.12 bits per heavy atom. The maximum absolute atomic E-state index is 9.35. The summed E-state index contributed by atoms with van der Waals surface area (Å²) in [4.78, 5) is 6.04. The van der Waals surface area contributed by atoms with Gasteiger partial charge in [-0.25, -0.2) is 0 Å². The summed E-state index contributed by atoms with van der Waals surface area (Å²) in [5.74, 6) is 0. The second-order valence-corrected chi connectivity index (χ2v) is 4.32. The number of aromatic nitrogens is 1. The molecule has 88 valence electrons. The van der Waals surface area contributed by atoms with Crippen molar-refractivity contribution in [2.24, 2.45) is 0 Å². The molecule has 1 aliphatic rings. The Balaban J connectivity index is 2.23. The van der Waals surface area contributed by atoms with Crippen LogP contribution in [-0.4, -0.2) is 42.5 Å². The fraction of sp³-hybridized carbons (Fsp3) is 0.545. The van der Waals surface area contributed by atoms with Gasteiger partial charge in [-0.1, -0.05) is 11.6 Å². The van der Waals surface area contributed by atoms with E-state index in [9.17, 15) is 5.11 Å². The second-order valence-electron chi connectivity index (χ2n) is 3.91. The smallest absolute Gasteiger partial charge is 0.0822 e. The second kappa shape index (κ2) is 4.99. The fourth-order valence-electron chi connectivity index (χ4n) is 2.11. The minimum absolute atomic E-state index is 0.0739. The maximum Gasteiger partial charge on any atom is 0.0822 e. The van der Waals surface area contributed by atoms with Crippen LogP contribution in [0.4, 0.5) is 5.69 Å². The van der Waals surface area contributed by atoms with Crippen LogP contribution in [-0.2, 0) is 4.74 Å². The van der Waals surface area contributed by atoms with E-state index >= 15 is 0 Å². The van der Waals surface area contributed by atoms with Crippen molar-refractivity contribution in [3.8, 4) is 0 Å². The van der Waals surface area contributed by atoms with Crippen LogP contribution in [0.25, 0.3) is 0 Å². The number of pyridine rings is 1. The molecule has 1 saturated heterocycles. The number of rotatable bonds is 3. The lowest BCUT2D eigenvalue weighted by atomic mass is 10.2. The number of anilines is 1. The lowest BCUT2D eigenvalue weighted by Gasteiger charge is -2.25. The zero-order valence-corrected chi connectivity index (χ0v) is 9.89. The van der Waals surface area contributed by atoms with Gasteiger partial charge in [-0.15, -0.1) is 0 Å². The summed E-state index contributed by atoms with van der Waals surface area (Å²) in [6.07, 6.45) is 4.30. The van der Waals surface area contributed by atoms with Gasteiger partial charge in [0, 0.05) is 26.0 Å². The molecule has 2 rings (SSSR count). The Morgan fingerprint density at radius 2 is 2.50 bits per heavy atom. The third-order valence-corrected chi connectivity index (χ3v) is 3.27. The molecule has 0 radical (unpaired) electrons. The molecule has 0 aromatic carbocycles. The van der Waals surface area contributed by atoms with Gasteiger partial charge in [0.25, 0.3) is 0 Å². The predicted molar refractivity (Wildman–Crippen MR) is 62.9 cm³/mol. The normalized spacial score (nSPS) is 25.1. The van der Waals surface area contributed by atoms with Crippen LogP contribution < -0.4 is 4.90 Å². The van der Waals surface area contributed by atoms with E-state index in [-0.39, 0.29) is 18.8 Å². The van der Waals surface area contributed by atoms with Crippen molar-refractivity contribution in [3.63, 3.8) is 0 Å². The molecule has 0 aliphatic carbocycles. The Kier molecular flexibility index (Phi) is 3.63. The van der Waals surface area contributed by atoms with E-state index in [1.165, 1.54) is 0 Å². The van der Waals surface area contributed by atoms with E-state index in [4.69, 9.17) is 16.3 Å². The largest absolute Gasteiger partial charge is 0.394 e. The van der Waals surface area contributed by atoms with Crippen molar-refractivity contribution in [2.45, 2.75) is 18.6 Å². The van der Waals surface area contributed by atoms with Crippen LogP contribution in [0.5, 0.6) is 0 Å². The van der Waals surface area contributed by atoms with Crippen molar-refractivity contribution in [1.29, 1.82) is 0 Å². The minimum Gasteiger partial charge on any atom is -0.394 e. The van der Waals surface area contributed by atoms with Crippen LogP contribution in [0.15, 0.2) is 18.5 Å². The quantitative estimate of drug-likeness (QED) is 0.869. The van der Waals surface area contributed by atoms with Gasteiger partial charge in [0.1, 0.15) is 0 Å². The van der Waals surface area contributed by atoms with Crippen LogP contribution >= 0.6 is 11.6 Å². The molecule has 1 N–H and O–H groups in total. The van der Waals surface area contributed by atoms with Crippen LogP contribution in [0.1, 0.15) is 6.42 Å². The number of aliphatic hydroxyl groups is 1. The van der Waals surface area contributed by atoms with Crippen molar-refractivity contribution in [1.82, 2.24) is 4.98 Å². The summed E-state index contributed by atoms with van der Waals surface area (Å²) in [6.45, 7) is 0.865. The van der Waals surface area contributed by atoms with Gasteiger partial charge < -0.3 is 14.7 Å². The van der Waals surface area contributed by atoms with Crippen molar-refractivity contribution in [2.75, 3.05) is 25.2 Å². The van der Waals surface area contributed by atoms with Gasteiger partial charge in [0.15, 0.2) is 0 Å². The molecule has 5 heteroatoms. The van der Waals surface area contributed by atoms with Crippen LogP contribution in [0, 0.1) is 0 Å². The van der Waals surface area contributed by atoms with E-state index in [1.54, 1.807) is 19.5 Å². The SMILES string of the molecule is CO[C@@H]1C[C@@H](CO)N(c2ccncc2Cl)C1. The number of methoxy groups -OCH3 is 1. The first-order valence-electron chi connectivity index (χ1n) is 5.26. The van der Waals surface area contributed by atoms with E-state index in [0.29, 0.717) is 5.02 Å². The van der Waals surface area contributed by atoms with Gasteiger partial charge in [0.05, 0.1) is 29.5 Å². The number of halogens is 1. The first-order chi connectivity index (χ1) is 7.76. The third-order valence-electron chi connectivity index (χ3n) is 2.98. The molecule has 0 amide bonds. The highest BCUT2D eigenvalue weighted by Gasteiger charge is 2.32. The molecular weight excluding hydrogens is 228 g/mol. The lowest BCUT2D eigenvalue weighted by molar-refractivity contribution is 0.115. The van der Waals surface area contributed by atoms with Gasteiger partial charge in [-0.2, -0.15) is 0 Å². The Bertz CT molecular complexity index is 362. The van der Waals surface area contributed by atoms with E-state index in [0.717, 1.165) is 18.7 Å². The zero-order valence-electron chi connectivity index (χ0n) is 9.14. The molecule has 0 spiro atoms. The lowest BCUT2D eigenvalue weighted by Crippen LogP contribution is -2.32. The molecule has 1 aromatic heterocycles. The fourth-order valence-corrected chi connectivity index (χ4v) is 2.34. The average Bonchev–Trinajstić information content (AvgIpc) is 2.72. The number of hydrogen-bond acceptors (Lipinski definition) is 4. The first-order valence-corrected chi connectivity index (χ1v) is 5.64. The Hall–Kier alpha value is -0.840. The number of nitrogens with zero attached hydrogens (tertiary/aromatic N) is 2. The van der Waals surface area contributed by atoms with Gasteiger partial charge in [0.2, 0.25) is 0 Å². The average molecular weight is 243 g/mol. The molecule has 2 atom stereocenters. The van der Waals surface area contributed by atoms with E-state index in [2.05, 4.69) is 9.88 Å². The van der Waals surface area contributed by atoms with Crippen molar-refractivity contribution >= 4 is 17.3 Å². The molecule has 1 aromatic rings. The van der Waals surface area contributed by atoms with Gasteiger partial charge in [-0.3, -0.25) is 4.98 Å². The first kappa shape index (κ1) is 11.6. The van der Waals surface area contributed by atoms with Gasteiger partial charge >= 0.3 is 0 Å². The number of ether oxygens (including phenoxy) is 1. The Morgan fingerprint density at radius 1 is 1.69 bits per heavy atom. The summed E-state index contributed by atoms with van der Waals surface area (Å²) >= 11 is 6.09. The summed E-state index contributed by atoms with van der Waals surface area (Å²) < 4.78 is 5.32. The van der Waals surface area contributed by atoms with E-state index < -0.39 is 0 Å². The topological polar surface area (TPSA) is 45.6 Å². The molecule has 0 unspecified atom stereocenters. The zero-order chi connectivity index (χ0) is 11.5. The minimum atomic E-state index is 0.0739. The van der Waals surface area contributed by atoms with Crippen molar-refractivity contribution < 1.29 is 9.84 Å². The summed E-state index contributed by atoms with van der Waals surface area (Å²) in [5, 5.41) is 9.96. The van der Waals surface area contributed by atoms with Crippen molar-refractivity contribution in [3.05, 3.63) is 23.5 Å². The standard InChI is InChI=1S/C11H15ClN2O2/c1-16-9-4-8(7-15)14(6-9)11-2-3-13-5-10(11)12/h2-3,5,8-9,15H,4,6-7H2,1H3/t8-,9+/m0/s1. The predicted octanol–water partition coefficient (Wildman–Crippen LogP) is 1.32. The van der Waals surface area contributed by atoms with E-state index in [1.807, 2.05) is 6.07 Å². The highest BCUT2D eigenvalue weighted by molar-refractivity contribution is 6.33. The molecule has 2 heterocycles. The summed E-state index contributed by atoms with van der Waals surface area (Å²) in [5.41, 5.74) is 0.912. The molecule has 4 nitrogen and oxygen atoms in total. The molecule has 16 heavy (non-hydrogen) atoms. The maximum atomic E-state index is 9.35. The molecule has 0 saturated carbocycles.